The number of esters is 1. The predicted molar refractivity (Wildman–Crippen MR) is 89.2 cm³/mol. The Kier molecular flexibility index (Phi) is 4.10. The van der Waals surface area contributed by atoms with E-state index in [-0.39, 0.29) is 42.0 Å². The summed E-state index contributed by atoms with van der Waals surface area (Å²) in [5.74, 6) is -0.207. The Balaban J connectivity index is 1.98. The molecule has 0 unspecified atom stereocenters. The number of aliphatic hydroxyl groups is 3. The van der Waals surface area contributed by atoms with E-state index in [1.807, 2.05) is 20.8 Å². The second-order valence-electron chi connectivity index (χ2n) is 9.84. The second-order valence-corrected chi connectivity index (χ2v) is 9.84. The van der Waals surface area contributed by atoms with E-state index >= 15 is 0 Å². The first-order valence-corrected chi connectivity index (χ1v) is 9.18. The van der Waals surface area contributed by atoms with Crippen LogP contribution in [0.2, 0.25) is 0 Å². The van der Waals surface area contributed by atoms with Gasteiger partial charge in [-0.15, -0.1) is 0 Å². The molecule has 5 heteroatoms. The molecule has 5 nitrogen and oxygen atoms in total. The van der Waals surface area contributed by atoms with Crippen LogP contribution in [0.1, 0.15) is 65.7 Å². The lowest BCUT2D eigenvalue weighted by Gasteiger charge is -2.69. The molecule has 3 N–H and O–H groups in total. The first-order valence-electron chi connectivity index (χ1n) is 9.18. The standard InChI is InChI=1S/C19H32O5/c1-4-15(2,3)14(23)24-19-8-16(11-20)5-17(9-19,12-21)7-18(6-16,10-19)13-22/h20-22H,4-13H2,1-3H3. The van der Waals surface area contributed by atoms with Crippen molar-refractivity contribution in [2.24, 2.45) is 21.7 Å². The van der Waals surface area contributed by atoms with Gasteiger partial charge in [-0.3, -0.25) is 4.79 Å². The molecular weight excluding hydrogens is 308 g/mol. The van der Waals surface area contributed by atoms with Crippen molar-refractivity contribution in [3.63, 3.8) is 0 Å². The van der Waals surface area contributed by atoms with Crippen LogP contribution in [0.5, 0.6) is 0 Å². The van der Waals surface area contributed by atoms with Gasteiger partial charge in [0.2, 0.25) is 0 Å². The third kappa shape index (κ3) is 2.60. The molecule has 0 spiro atoms. The molecule has 138 valence electrons. The molecule has 24 heavy (non-hydrogen) atoms. The van der Waals surface area contributed by atoms with Gasteiger partial charge in [-0.05, 0) is 75.0 Å². The minimum atomic E-state index is -0.660. The number of hydrogen-bond donors (Lipinski definition) is 3. The van der Waals surface area contributed by atoms with Crippen molar-refractivity contribution in [1.82, 2.24) is 0 Å². The quantitative estimate of drug-likeness (QED) is 0.644. The smallest absolute Gasteiger partial charge is 0.312 e. The molecule has 0 aliphatic heterocycles. The van der Waals surface area contributed by atoms with Crippen molar-refractivity contribution < 1.29 is 24.9 Å². The van der Waals surface area contributed by atoms with Crippen LogP contribution < -0.4 is 0 Å². The highest BCUT2D eigenvalue weighted by molar-refractivity contribution is 5.76. The van der Waals surface area contributed by atoms with E-state index in [1.165, 1.54) is 0 Å². The van der Waals surface area contributed by atoms with Crippen molar-refractivity contribution in [1.29, 1.82) is 0 Å². The molecule has 0 heterocycles. The lowest BCUT2D eigenvalue weighted by Crippen LogP contribution is -2.68. The number of carbonyl (C=O) groups excluding carboxylic acids is 1. The van der Waals surface area contributed by atoms with E-state index in [9.17, 15) is 20.1 Å². The number of rotatable bonds is 6. The zero-order valence-corrected chi connectivity index (χ0v) is 15.2. The molecule has 0 saturated heterocycles. The van der Waals surface area contributed by atoms with Crippen molar-refractivity contribution in [3.8, 4) is 0 Å². The van der Waals surface area contributed by atoms with Crippen LogP contribution in [0, 0.1) is 21.7 Å². The van der Waals surface area contributed by atoms with Crippen LogP contribution in [-0.4, -0.2) is 46.7 Å². The van der Waals surface area contributed by atoms with Gasteiger partial charge < -0.3 is 20.1 Å². The average Bonchev–Trinajstić information content (AvgIpc) is 2.53. The van der Waals surface area contributed by atoms with Gasteiger partial charge in [0, 0.05) is 19.8 Å². The van der Waals surface area contributed by atoms with Crippen LogP contribution in [0.15, 0.2) is 0 Å². The van der Waals surface area contributed by atoms with Crippen LogP contribution in [0.3, 0.4) is 0 Å². The molecule has 0 amide bonds. The van der Waals surface area contributed by atoms with E-state index in [0.717, 1.165) is 19.3 Å². The van der Waals surface area contributed by atoms with Crippen molar-refractivity contribution in [3.05, 3.63) is 0 Å². The number of carbonyl (C=O) groups is 1. The summed E-state index contributed by atoms with van der Waals surface area (Å²) < 4.78 is 6.11. The van der Waals surface area contributed by atoms with E-state index in [1.54, 1.807) is 0 Å². The monoisotopic (exact) mass is 340 g/mol. The highest BCUT2D eigenvalue weighted by Gasteiger charge is 2.69. The molecule has 4 fully saturated rings. The normalized spacial score (nSPS) is 43.9. The topological polar surface area (TPSA) is 87.0 Å². The van der Waals surface area contributed by atoms with E-state index in [2.05, 4.69) is 0 Å². The van der Waals surface area contributed by atoms with Crippen molar-refractivity contribution >= 4 is 5.97 Å². The Bertz CT molecular complexity index is 468. The van der Waals surface area contributed by atoms with Gasteiger partial charge in [0.05, 0.1) is 5.41 Å². The molecular formula is C19H32O5. The Morgan fingerprint density at radius 1 is 0.875 bits per heavy atom. The summed E-state index contributed by atoms with van der Waals surface area (Å²) in [6.45, 7) is 5.82. The Morgan fingerprint density at radius 3 is 1.54 bits per heavy atom. The third-order valence-corrected chi connectivity index (χ3v) is 7.09. The summed E-state index contributed by atoms with van der Waals surface area (Å²) in [5, 5.41) is 30.3. The summed E-state index contributed by atoms with van der Waals surface area (Å²) in [7, 11) is 0. The summed E-state index contributed by atoms with van der Waals surface area (Å²) in [6.07, 6.45) is 4.90. The molecule has 0 aromatic rings. The average molecular weight is 340 g/mol. The highest BCUT2D eigenvalue weighted by atomic mass is 16.6. The van der Waals surface area contributed by atoms with Gasteiger partial charge in [0.25, 0.3) is 0 Å². The zero-order chi connectivity index (χ0) is 17.9. The molecule has 4 rings (SSSR count). The first kappa shape index (κ1) is 18.2. The highest BCUT2D eigenvalue weighted by Crippen LogP contribution is 2.71. The number of aliphatic hydroxyl groups excluding tert-OH is 3. The molecule has 0 atom stereocenters. The van der Waals surface area contributed by atoms with Gasteiger partial charge in [-0.2, -0.15) is 0 Å². The van der Waals surface area contributed by atoms with Crippen molar-refractivity contribution in [2.75, 3.05) is 19.8 Å². The lowest BCUT2D eigenvalue weighted by molar-refractivity contribution is -0.268. The number of ether oxygens (including phenoxy) is 1. The maximum atomic E-state index is 12.7. The van der Waals surface area contributed by atoms with Gasteiger partial charge in [-0.25, -0.2) is 0 Å². The molecule has 0 aromatic heterocycles. The molecule has 4 aliphatic rings. The van der Waals surface area contributed by atoms with E-state index in [0.29, 0.717) is 25.7 Å². The summed E-state index contributed by atoms with van der Waals surface area (Å²) in [5.41, 5.74) is -2.26. The minimum absolute atomic E-state index is 0.0208. The van der Waals surface area contributed by atoms with Crippen LogP contribution >= 0.6 is 0 Å². The van der Waals surface area contributed by atoms with Crippen molar-refractivity contribution in [2.45, 2.75) is 71.3 Å². The van der Waals surface area contributed by atoms with Crippen LogP contribution in [0.25, 0.3) is 0 Å². The SMILES string of the molecule is CCC(C)(C)C(=O)OC12CC3(CO)CC(CO)(CC(CO)(C3)C1)C2. The van der Waals surface area contributed by atoms with Gasteiger partial charge >= 0.3 is 5.97 Å². The fourth-order valence-corrected chi connectivity index (χ4v) is 6.28. The summed E-state index contributed by atoms with van der Waals surface area (Å²) in [4.78, 5) is 12.7. The molecule has 4 saturated carbocycles. The molecule has 0 aromatic carbocycles. The third-order valence-electron chi connectivity index (χ3n) is 7.09. The largest absolute Gasteiger partial charge is 0.459 e. The predicted octanol–water partition coefficient (Wildman–Crippen LogP) is 2.02. The van der Waals surface area contributed by atoms with Gasteiger partial charge in [-0.1, -0.05) is 6.92 Å². The zero-order valence-electron chi connectivity index (χ0n) is 15.2. The summed E-state index contributed by atoms with van der Waals surface area (Å²) >= 11 is 0. The second kappa shape index (κ2) is 5.42. The van der Waals surface area contributed by atoms with Gasteiger partial charge in [0.15, 0.2) is 0 Å². The summed E-state index contributed by atoms with van der Waals surface area (Å²) in [6, 6.07) is 0. The molecule has 0 radical (unpaired) electrons. The fraction of sp³-hybridized carbons (Fsp3) is 0.947. The van der Waals surface area contributed by atoms with E-state index in [4.69, 9.17) is 4.74 Å². The molecule has 4 aliphatic carbocycles. The Hall–Kier alpha value is -0.650. The fourth-order valence-electron chi connectivity index (χ4n) is 6.28. The molecule has 4 bridgehead atoms. The van der Waals surface area contributed by atoms with Crippen LogP contribution in [-0.2, 0) is 9.53 Å². The van der Waals surface area contributed by atoms with Gasteiger partial charge in [0.1, 0.15) is 5.60 Å². The minimum Gasteiger partial charge on any atom is -0.459 e. The Morgan fingerprint density at radius 2 is 1.25 bits per heavy atom. The maximum Gasteiger partial charge on any atom is 0.312 e. The van der Waals surface area contributed by atoms with Crippen LogP contribution in [0.4, 0.5) is 0 Å². The number of hydrogen-bond acceptors (Lipinski definition) is 5. The van der Waals surface area contributed by atoms with E-state index < -0.39 is 11.0 Å². The maximum absolute atomic E-state index is 12.7. The lowest BCUT2D eigenvalue weighted by atomic mass is 9.38. The first-order chi connectivity index (χ1) is 11.1. The Labute approximate surface area is 144 Å².